The minimum atomic E-state index is 0.104. The molecule has 0 saturated carbocycles. The van der Waals surface area contributed by atoms with Crippen molar-refractivity contribution in [3.8, 4) is 0 Å². The maximum atomic E-state index is 5.56. The third-order valence-electron chi connectivity index (χ3n) is 3.92. The first-order chi connectivity index (χ1) is 10.1. The number of guanidine groups is 1. The van der Waals surface area contributed by atoms with E-state index in [1.165, 1.54) is 0 Å². The van der Waals surface area contributed by atoms with Crippen LogP contribution in [0.15, 0.2) is 4.99 Å². The van der Waals surface area contributed by atoms with E-state index in [0.29, 0.717) is 12.1 Å². The summed E-state index contributed by atoms with van der Waals surface area (Å²) in [6.45, 7) is 18.1. The fourth-order valence-electron chi connectivity index (χ4n) is 2.57. The Morgan fingerprint density at radius 1 is 1.09 bits per heavy atom. The van der Waals surface area contributed by atoms with Crippen LogP contribution in [0.25, 0.3) is 0 Å². The van der Waals surface area contributed by atoms with Crippen molar-refractivity contribution >= 4 is 5.96 Å². The fourth-order valence-corrected chi connectivity index (χ4v) is 2.57. The van der Waals surface area contributed by atoms with Gasteiger partial charge in [-0.25, -0.2) is 0 Å². The molecule has 5 nitrogen and oxygen atoms in total. The summed E-state index contributed by atoms with van der Waals surface area (Å²) in [6.07, 6.45) is 0.147. The number of rotatable bonds is 8. The molecule has 0 aromatic rings. The van der Waals surface area contributed by atoms with E-state index < -0.39 is 0 Å². The summed E-state index contributed by atoms with van der Waals surface area (Å²) in [5.74, 6) is 0.832. The number of methoxy groups -OCH3 is 1. The molecule has 22 heavy (non-hydrogen) atoms. The summed E-state index contributed by atoms with van der Waals surface area (Å²) < 4.78 is 5.56. The average molecular weight is 315 g/mol. The van der Waals surface area contributed by atoms with Crippen LogP contribution in [0.3, 0.4) is 0 Å². The van der Waals surface area contributed by atoms with Crippen molar-refractivity contribution in [3.63, 3.8) is 0 Å². The van der Waals surface area contributed by atoms with E-state index in [0.717, 1.165) is 25.6 Å². The van der Waals surface area contributed by atoms with Crippen LogP contribution < -0.4 is 10.6 Å². The molecule has 0 aliphatic carbocycles. The molecule has 0 amide bonds. The highest BCUT2D eigenvalue weighted by Gasteiger charge is 2.24. The second-order valence-corrected chi connectivity index (χ2v) is 7.40. The normalized spacial score (nSPS) is 14.8. The SMILES string of the molecule is CN=C(NCCN(C(C)C)C(C)C)NCC(OC)C(C)(C)C. The predicted octanol–water partition coefficient (Wildman–Crippen LogP) is 2.33. The van der Waals surface area contributed by atoms with Crippen LogP contribution in [0.4, 0.5) is 0 Å². The smallest absolute Gasteiger partial charge is 0.191 e. The first-order valence-electron chi connectivity index (χ1n) is 8.36. The van der Waals surface area contributed by atoms with Crippen LogP contribution >= 0.6 is 0 Å². The van der Waals surface area contributed by atoms with Gasteiger partial charge in [0.15, 0.2) is 5.96 Å². The second kappa shape index (κ2) is 10.1. The lowest BCUT2D eigenvalue weighted by Crippen LogP contribution is -2.48. The maximum absolute atomic E-state index is 5.56. The average Bonchev–Trinajstić information content (AvgIpc) is 2.39. The summed E-state index contributed by atoms with van der Waals surface area (Å²) in [7, 11) is 3.56. The molecule has 0 rings (SSSR count). The minimum Gasteiger partial charge on any atom is -0.379 e. The molecular weight excluding hydrogens is 276 g/mol. The molecule has 0 radical (unpaired) electrons. The number of aliphatic imine (C=N–C) groups is 1. The monoisotopic (exact) mass is 314 g/mol. The van der Waals surface area contributed by atoms with Gasteiger partial charge in [-0.05, 0) is 33.1 Å². The molecule has 0 fully saturated rings. The molecule has 0 aliphatic rings. The Kier molecular flexibility index (Phi) is 9.69. The summed E-state index contributed by atoms with van der Waals surface area (Å²) in [4.78, 5) is 6.75. The van der Waals surface area contributed by atoms with Crippen molar-refractivity contribution in [2.24, 2.45) is 10.4 Å². The zero-order valence-electron chi connectivity index (χ0n) is 16.2. The molecule has 1 unspecified atom stereocenters. The van der Waals surface area contributed by atoms with E-state index in [9.17, 15) is 0 Å². The van der Waals surface area contributed by atoms with Crippen LogP contribution in [0.5, 0.6) is 0 Å². The lowest BCUT2D eigenvalue weighted by Gasteiger charge is -2.31. The first-order valence-corrected chi connectivity index (χ1v) is 8.36. The Morgan fingerprint density at radius 3 is 2.00 bits per heavy atom. The summed E-state index contributed by atoms with van der Waals surface area (Å²) >= 11 is 0. The summed E-state index contributed by atoms with van der Waals surface area (Å²) in [5, 5.41) is 6.74. The molecule has 0 bridgehead atoms. The Balaban J connectivity index is 4.29. The molecule has 0 aromatic heterocycles. The minimum absolute atomic E-state index is 0.104. The molecule has 0 aromatic carbocycles. The predicted molar refractivity (Wildman–Crippen MR) is 96.6 cm³/mol. The number of hydrogen-bond acceptors (Lipinski definition) is 3. The molecule has 0 spiro atoms. The maximum Gasteiger partial charge on any atom is 0.191 e. The van der Waals surface area contributed by atoms with Gasteiger partial charge in [-0.15, -0.1) is 0 Å². The Bertz CT molecular complexity index is 313. The van der Waals surface area contributed by atoms with Gasteiger partial charge in [0, 0.05) is 45.9 Å². The van der Waals surface area contributed by atoms with Crippen LogP contribution in [0.2, 0.25) is 0 Å². The van der Waals surface area contributed by atoms with Crippen LogP contribution in [0.1, 0.15) is 48.5 Å². The second-order valence-electron chi connectivity index (χ2n) is 7.40. The van der Waals surface area contributed by atoms with E-state index in [-0.39, 0.29) is 11.5 Å². The fraction of sp³-hybridized carbons (Fsp3) is 0.941. The number of nitrogens with zero attached hydrogens (tertiary/aromatic N) is 2. The standard InChI is InChI=1S/C17H38N4O/c1-13(2)21(14(3)4)11-10-19-16(18-8)20-12-15(22-9)17(5,6)7/h13-15H,10-12H2,1-9H3,(H2,18,19,20). The van der Waals surface area contributed by atoms with E-state index >= 15 is 0 Å². The zero-order valence-corrected chi connectivity index (χ0v) is 16.2. The third-order valence-corrected chi connectivity index (χ3v) is 3.92. The van der Waals surface area contributed by atoms with E-state index in [2.05, 4.69) is 69.0 Å². The highest BCUT2D eigenvalue weighted by molar-refractivity contribution is 5.79. The highest BCUT2D eigenvalue weighted by Crippen LogP contribution is 2.20. The van der Waals surface area contributed by atoms with Crippen LogP contribution in [-0.4, -0.2) is 62.8 Å². The van der Waals surface area contributed by atoms with Crippen molar-refractivity contribution in [1.82, 2.24) is 15.5 Å². The number of hydrogen-bond donors (Lipinski definition) is 2. The van der Waals surface area contributed by atoms with Crippen molar-refractivity contribution in [3.05, 3.63) is 0 Å². The molecule has 0 aliphatic heterocycles. The van der Waals surface area contributed by atoms with Gasteiger partial charge in [0.05, 0.1) is 6.10 Å². The van der Waals surface area contributed by atoms with Crippen molar-refractivity contribution in [1.29, 1.82) is 0 Å². The Labute approximate surface area is 137 Å². The van der Waals surface area contributed by atoms with Gasteiger partial charge in [0.1, 0.15) is 0 Å². The highest BCUT2D eigenvalue weighted by atomic mass is 16.5. The number of ether oxygens (including phenoxy) is 1. The van der Waals surface area contributed by atoms with Gasteiger partial charge in [-0.2, -0.15) is 0 Å². The number of nitrogens with one attached hydrogen (secondary N) is 2. The summed E-state index contributed by atoms with van der Waals surface area (Å²) in [5.41, 5.74) is 0.104. The quantitative estimate of drug-likeness (QED) is 0.533. The first kappa shape index (κ1) is 21.2. The Hall–Kier alpha value is -0.810. The molecule has 2 N–H and O–H groups in total. The van der Waals surface area contributed by atoms with Gasteiger partial charge in [-0.3, -0.25) is 9.89 Å². The summed E-state index contributed by atoms with van der Waals surface area (Å²) in [6, 6.07) is 1.10. The molecule has 0 saturated heterocycles. The van der Waals surface area contributed by atoms with Crippen molar-refractivity contribution < 1.29 is 4.74 Å². The van der Waals surface area contributed by atoms with Gasteiger partial charge in [0.25, 0.3) is 0 Å². The lowest BCUT2D eigenvalue weighted by atomic mass is 9.89. The van der Waals surface area contributed by atoms with E-state index in [1.54, 1.807) is 14.2 Å². The molecular formula is C17H38N4O. The molecule has 1 atom stereocenters. The van der Waals surface area contributed by atoms with Gasteiger partial charge >= 0.3 is 0 Å². The molecule has 0 heterocycles. The van der Waals surface area contributed by atoms with Crippen LogP contribution in [0, 0.1) is 5.41 Å². The molecule has 5 heteroatoms. The Morgan fingerprint density at radius 2 is 1.64 bits per heavy atom. The van der Waals surface area contributed by atoms with E-state index in [1.807, 2.05) is 0 Å². The van der Waals surface area contributed by atoms with E-state index in [4.69, 9.17) is 4.74 Å². The van der Waals surface area contributed by atoms with Gasteiger partial charge in [-0.1, -0.05) is 20.8 Å². The molecule has 132 valence electrons. The third kappa shape index (κ3) is 7.99. The largest absolute Gasteiger partial charge is 0.379 e. The van der Waals surface area contributed by atoms with Crippen molar-refractivity contribution in [2.45, 2.75) is 66.7 Å². The zero-order chi connectivity index (χ0) is 17.3. The van der Waals surface area contributed by atoms with Gasteiger partial charge in [0.2, 0.25) is 0 Å². The lowest BCUT2D eigenvalue weighted by molar-refractivity contribution is 0.0205. The van der Waals surface area contributed by atoms with Gasteiger partial charge < -0.3 is 15.4 Å². The van der Waals surface area contributed by atoms with Crippen molar-refractivity contribution in [2.75, 3.05) is 33.8 Å². The van der Waals surface area contributed by atoms with Crippen LogP contribution in [-0.2, 0) is 4.74 Å². The topological polar surface area (TPSA) is 48.9 Å².